The SMILES string of the molecule is CCc1ccc(C(=O)N2c3cc(Cl)ccc3[C@H](N(C(=O)CCC(=O)O)C3CCC3)[C@H]3CCC[C@H]32)cc1. The monoisotopic (exact) mass is 508 g/mol. The van der Waals surface area contributed by atoms with E-state index in [0.29, 0.717) is 10.6 Å². The van der Waals surface area contributed by atoms with E-state index in [-0.39, 0.29) is 48.7 Å². The van der Waals surface area contributed by atoms with Gasteiger partial charge in [0.2, 0.25) is 5.91 Å². The summed E-state index contributed by atoms with van der Waals surface area (Å²) in [6.07, 6.45) is 6.44. The van der Waals surface area contributed by atoms with E-state index < -0.39 is 5.97 Å². The summed E-state index contributed by atoms with van der Waals surface area (Å²) in [7, 11) is 0. The number of carbonyl (C=O) groups is 3. The molecular weight excluding hydrogens is 476 g/mol. The molecule has 0 aromatic heterocycles. The maximum absolute atomic E-state index is 13.9. The van der Waals surface area contributed by atoms with Crippen molar-refractivity contribution in [2.24, 2.45) is 5.92 Å². The molecule has 3 aliphatic rings. The van der Waals surface area contributed by atoms with Crippen LogP contribution in [0.3, 0.4) is 0 Å². The second-order valence-electron chi connectivity index (χ2n) is 10.3. The van der Waals surface area contributed by atoms with Gasteiger partial charge in [-0.1, -0.05) is 43.1 Å². The van der Waals surface area contributed by atoms with Crippen molar-refractivity contribution in [3.8, 4) is 0 Å². The fraction of sp³-hybridized carbons (Fsp3) is 0.483. The van der Waals surface area contributed by atoms with E-state index in [4.69, 9.17) is 11.6 Å². The largest absolute Gasteiger partial charge is 0.481 e. The van der Waals surface area contributed by atoms with Gasteiger partial charge >= 0.3 is 5.97 Å². The van der Waals surface area contributed by atoms with Gasteiger partial charge in [0, 0.05) is 35.0 Å². The van der Waals surface area contributed by atoms with E-state index in [1.54, 1.807) is 0 Å². The number of aryl methyl sites for hydroxylation is 1. The number of carboxylic acid groups (broad SMARTS) is 1. The molecule has 1 aliphatic heterocycles. The third-order valence-electron chi connectivity index (χ3n) is 8.28. The number of aliphatic carboxylic acids is 1. The van der Waals surface area contributed by atoms with Crippen LogP contribution >= 0.6 is 11.6 Å². The second-order valence-corrected chi connectivity index (χ2v) is 10.8. The summed E-state index contributed by atoms with van der Waals surface area (Å²) in [4.78, 5) is 42.6. The highest BCUT2D eigenvalue weighted by molar-refractivity contribution is 6.31. The Morgan fingerprint density at radius 3 is 2.36 bits per heavy atom. The molecule has 2 aromatic carbocycles. The quantitative estimate of drug-likeness (QED) is 0.496. The summed E-state index contributed by atoms with van der Waals surface area (Å²) in [5, 5.41) is 9.76. The fourth-order valence-electron chi connectivity index (χ4n) is 6.27. The first-order chi connectivity index (χ1) is 17.4. The fourth-order valence-corrected chi connectivity index (χ4v) is 6.44. The van der Waals surface area contributed by atoms with E-state index >= 15 is 0 Å². The molecular formula is C29H33ClN2O4. The maximum atomic E-state index is 13.9. The van der Waals surface area contributed by atoms with Crippen LogP contribution in [0.2, 0.25) is 5.02 Å². The molecule has 0 spiro atoms. The number of rotatable bonds is 7. The van der Waals surface area contributed by atoms with Crippen molar-refractivity contribution in [3.05, 3.63) is 64.2 Å². The molecule has 1 N–H and O–H groups in total. The average molecular weight is 509 g/mol. The van der Waals surface area contributed by atoms with Crippen LogP contribution in [0.15, 0.2) is 42.5 Å². The van der Waals surface area contributed by atoms with Gasteiger partial charge in [0.1, 0.15) is 0 Å². The molecule has 6 nitrogen and oxygen atoms in total. The number of nitrogens with zero attached hydrogens (tertiary/aromatic N) is 2. The van der Waals surface area contributed by atoms with Gasteiger partial charge in [0.05, 0.1) is 18.2 Å². The zero-order chi connectivity index (χ0) is 25.4. The molecule has 3 atom stereocenters. The molecule has 0 unspecified atom stereocenters. The lowest BCUT2D eigenvalue weighted by Crippen LogP contribution is -2.55. The van der Waals surface area contributed by atoms with Crippen molar-refractivity contribution >= 4 is 35.1 Å². The predicted octanol–water partition coefficient (Wildman–Crippen LogP) is 6.02. The van der Waals surface area contributed by atoms with Gasteiger partial charge in [-0.15, -0.1) is 0 Å². The summed E-state index contributed by atoms with van der Waals surface area (Å²) in [5.74, 6) is -0.998. The van der Waals surface area contributed by atoms with Crippen molar-refractivity contribution in [1.82, 2.24) is 4.90 Å². The number of hydrogen-bond donors (Lipinski definition) is 1. The molecule has 2 fully saturated rings. The van der Waals surface area contributed by atoms with Crippen molar-refractivity contribution < 1.29 is 19.5 Å². The molecule has 2 saturated carbocycles. The van der Waals surface area contributed by atoms with Gasteiger partial charge in [-0.05, 0) is 73.9 Å². The number of benzene rings is 2. The van der Waals surface area contributed by atoms with E-state index in [0.717, 1.165) is 56.2 Å². The summed E-state index contributed by atoms with van der Waals surface area (Å²) in [5.41, 5.74) is 3.55. The second kappa shape index (κ2) is 10.3. The summed E-state index contributed by atoms with van der Waals surface area (Å²) in [6, 6.07) is 13.4. The molecule has 190 valence electrons. The third kappa shape index (κ3) is 4.52. The molecule has 0 radical (unpaired) electrons. The van der Waals surface area contributed by atoms with Crippen LogP contribution < -0.4 is 4.90 Å². The Morgan fingerprint density at radius 2 is 1.72 bits per heavy atom. The maximum Gasteiger partial charge on any atom is 0.303 e. The average Bonchev–Trinajstić information content (AvgIpc) is 3.32. The topological polar surface area (TPSA) is 77.9 Å². The minimum atomic E-state index is -0.961. The number of hydrogen-bond acceptors (Lipinski definition) is 3. The highest BCUT2D eigenvalue weighted by Gasteiger charge is 2.50. The van der Waals surface area contributed by atoms with Crippen molar-refractivity contribution in [2.45, 2.75) is 82.8 Å². The Kier molecular flexibility index (Phi) is 7.07. The number of carbonyl (C=O) groups excluding carboxylic acids is 2. The predicted molar refractivity (Wildman–Crippen MR) is 139 cm³/mol. The van der Waals surface area contributed by atoms with E-state index in [1.807, 2.05) is 52.3 Å². The first kappa shape index (κ1) is 24.8. The standard InChI is InChI=1S/C29H33ClN2O4/c1-2-18-9-11-19(12-10-18)29(36)32-24-8-4-7-22(24)28(23-14-13-20(30)17-25(23)32)31(21-5-3-6-21)26(33)15-16-27(34)35/h9-14,17,21-22,24,28H,2-8,15-16H2,1H3,(H,34,35)/t22-,24+,28+/m0/s1. The minimum Gasteiger partial charge on any atom is -0.481 e. The Balaban J connectivity index is 1.58. The molecule has 1 heterocycles. The molecule has 2 aliphatic carbocycles. The van der Waals surface area contributed by atoms with Crippen molar-refractivity contribution in [3.63, 3.8) is 0 Å². The van der Waals surface area contributed by atoms with Gasteiger partial charge in [-0.3, -0.25) is 14.4 Å². The number of amides is 2. The van der Waals surface area contributed by atoms with E-state index in [9.17, 15) is 19.5 Å². The van der Waals surface area contributed by atoms with Crippen LogP contribution in [0.4, 0.5) is 5.69 Å². The minimum absolute atomic E-state index is 0.00490. The smallest absolute Gasteiger partial charge is 0.303 e. The van der Waals surface area contributed by atoms with Crippen LogP contribution in [0, 0.1) is 5.92 Å². The number of fused-ring (bicyclic) bond motifs is 2. The van der Waals surface area contributed by atoms with Crippen LogP contribution in [-0.4, -0.2) is 39.9 Å². The van der Waals surface area contributed by atoms with Crippen LogP contribution in [0.25, 0.3) is 0 Å². The Morgan fingerprint density at radius 1 is 1.00 bits per heavy atom. The van der Waals surface area contributed by atoms with Crippen molar-refractivity contribution in [1.29, 1.82) is 0 Å². The van der Waals surface area contributed by atoms with Crippen LogP contribution in [-0.2, 0) is 16.0 Å². The van der Waals surface area contributed by atoms with Gasteiger partial charge < -0.3 is 14.9 Å². The molecule has 0 saturated heterocycles. The lowest BCUT2D eigenvalue weighted by atomic mass is 9.78. The first-order valence-corrected chi connectivity index (χ1v) is 13.5. The molecule has 0 bridgehead atoms. The number of halogens is 1. The van der Waals surface area contributed by atoms with Gasteiger partial charge in [0.25, 0.3) is 5.91 Å². The molecule has 2 aromatic rings. The zero-order valence-corrected chi connectivity index (χ0v) is 21.4. The zero-order valence-electron chi connectivity index (χ0n) is 20.7. The first-order valence-electron chi connectivity index (χ1n) is 13.1. The van der Waals surface area contributed by atoms with Gasteiger partial charge in [0.15, 0.2) is 0 Å². The van der Waals surface area contributed by atoms with Gasteiger partial charge in [-0.25, -0.2) is 0 Å². The van der Waals surface area contributed by atoms with Crippen LogP contribution in [0.1, 0.15) is 85.8 Å². The normalized spacial score (nSPS) is 22.9. The number of anilines is 1. The third-order valence-corrected chi connectivity index (χ3v) is 8.51. The summed E-state index contributed by atoms with van der Waals surface area (Å²) < 4.78 is 0. The summed E-state index contributed by atoms with van der Waals surface area (Å²) >= 11 is 6.47. The summed E-state index contributed by atoms with van der Waals surface area (Å²) in [6.45, 7) is 2.09. The molecule has 7 heteroatoms. The van der Waals surface area contributed by atoms with E-state index in [1.165, 1.54) is 5.56 Å². The van der Waals surface area contributed by atoms with Crippen LogP contribution in [0.5, 0.6) is 0 Å². The Hall–Kier alpha value is -2.86. The molecule has 36 heavy (non-hydrogen) atoms. The molecule has 5 rings (SSSR count). The van der Waals surface area contributed by atoms with E-state index in [2.05, 4.69) is 6.92 Å². The lowest BCUT2D eigenvalue weighted by molar-refractivity contribution is -0.145. The molecule has 2 amide bonds. The van der Waals surface area contributed by atoms with Crippen molar-refractivity contribution in [2.75, 3.05) is 4.90 Å². The highest BCUT2D eigenvalue weighted by atomic mass is 35.5. The highest BCUT2D eigenvalue weighted by Crippen LogP contribution is 2.53. The van der Waals surface area contributed by atoms with Gasteiger partial charge in [-0.2, -0.15) is 0 Å². The lowest BCUT2D eigenvalue weighted by Gasteiger charge is -2.51. The Labute approximate surface area is 217 Å². The number of carboxylic acids is 1. The Bertz CT molecular complexity index is 1160.